The highest BCUT2D eigenvalue weighted by Crippen LogP contribution is 2.30. The zero-order chi connectivity index (χ0) is 21.0. The molecule has 3 aromatic rings. The molecule has 1 heterocycles. The number of benzene rings is 2. The molecule has 0 radical (unpaired) electrons. The van der Waals surface area contributed by atoms with E-state index in [1.54, 1.807) is 54.6 Å². The highest BCUT2D eigenvalue weighted by molar-refractivity contribution is 6.44. The Hall–Kier alpha value is -3.33. The molecule has 0 aliphatic carbocycles. The lowest BCUT2D eigenvalue weighted by atomic mass is 10.1. The molecule has 144 valence electrons. The first-order chi connectivity index (χ1) is 13.9. The van der Waals surface area contributed by atoms with Crippen LogP contribution in [0.25, 0.3) is 17.4 Å². The minimum Gasteiger partial charge on any atom is -0.457 e. The molecule has 0 atom stereocenters. The van der Waals surface area contributed by atoms with Crippen molar-refractivity contribution in [1.82, 2.24) is 0 Å². The smallest absolute Gasteiger partial charge is 0.266 e. The molecule has 0 bridgehead atoms. The molecule has 3 rings (SSSR count). The third-order valence-electron chi connectivity index (χ3n) is 4.05. The zero-order valence-electron chi connectivity index (χ0n) is 15.2. The first-order valence-corrected chi connectivity index (χ1v) is 9.23. The van der Waals surface area contributed by atoms with E-state index in [0.29, 0.717) is 27.8 Å². The summed E-state index contributed by atoms with van der Waals surface area (Å²) in [6.45, 7) is 1.50. The largest absolute Gasteiger partial charge is 0.457 e. The summed E-state index contributed by atoms with van der Waals surface area (Å²) in [6, 6.07) is 17.0. The second kappa shape index (κ2) is 8.78. The van der Waals surface area contributed by atoms with Crippen LogP contribution in [-0.4, -0.2) is 11.7 Å². The molecule has 0 aliphatic heterocycles. The average molecular weight is 425 g/mol. The van der Waals surface area contributed by atoms with Crippen LogP contribution in [-0.2, 0) is 4.79 Å². The maximum absolute atomic E-state index is 12.4. The molecule has 2 aromatic carbocycles. The van der Waals surface area contributed by atoms with Crippen LogP contribution in [0, 0.1) is 11.3 Å². The van der Waals surface area contributed by atoms with Crippen LogP contribution in [0.2, 0.25) is 10.0 Å². The molecule has 0 spiro atoms. The van der Waals surface area contributed by atoms with Crippen molar-refractivity contribution in [3.63, 3.8) is 0 Å². The summed E-state index contributed by atoms with van der Waals surface area (Å²) in [4.78, 5) is 23.8. The number of halogens is 2. The number of furan rings is 1. The van der Waals surface area contributed by atoms with Gasteiger partial charge in [-0.1, -0.05) is 53.5 Å². The van der Waals surface area contributed by atoms with Crippen molar-refractivity contribution >= 4 is 46.7 Å². The van der Waals surface area contributed by atoms with E-state index in [1.165, 1.54) is 13.0 Å². The van der Waals surface area contributed by atoms with Crippen molar-refractivity contribution in [3.8, 4) is 17.4 Å². The molecule has 1 N–H and O–H groups in total. The van der Waals surface area contributed by atoms with Crippen LogP contribution in [0.3, 0.4) is 0 Å². The number of ketones is 1. The molecular formula is C22H14Cl2N2O3. The quantitative estimate of drug-likeness (QED) is 0.309. The number of hydrogen-bond acceptors (Lipinski definition) is 4. The van der Waals surface area contributed by atoms with Crippen LogP contribution in [0.5, 0.6) is 0 Å². The van der Waals surface area contributed by atoms with Gasteiger partial charge < -0.3 is 9.73 Å². The summed E-state index contributed by atoms with van der Waals surface area (Å²) < 4.78 is 5.71. The maximum atomic E-state index is 12.4. The molecule has 0 saturated carbocycles. The van der Waals surface area contributed by atoms with Gasteiger partial charge in [-0.15, -0.1) is 0 Å². The summed E-state index contributed by atoms with van der Waals surface area (Å²) in [5.41, 5.74) is 1.51. The fourth-order valence-electron chi connectivity index (χ4n) is 2.54. The van der Waals surface area contributed by atoms with E-state index in [1.807, 2.05) is 6.07 Å². The van der Waals surface area contributed by atoms with E-state index >= 15 is 0 Å². The van der Waals surface area contributed by atoms with Gasteiger partial charge in [-0.25, -0.2) is 0 Å². The van der Waals surface area contributed by atoms with E-state index in [2.05, 4.69) is 5.32 Å². The van der Waals surface area contributed by atoms with Crippen molar-refractivity contribution in [3.05, 3.63) is 81.5 Å². The Balaban J connectivity index is 1.81. The molecule has 1 aromatic heterocycles. The number of anilines is 1. The van der Waals surface area contributed by atoms with Crippen LogP contribution < -0.4 is 5.32 Å². The predicted octanol–water partition coefficient (Wildman–Crippen LogP) is 6.00. The van der Waals surface area contributed by atoms with Gasteiger partial charge in [0, 0.05) is 17.2 Å². The lowest BCUT2D eigenvalue weighted by molar-refractivity contribution is -0.112. The third-order valence-corrected chi connectivity index (χ3v) is 4.87. The van der Waals surface area contributed by atoms with Gasteiger partial charge in [0.25, 0.3) is 5.91 Å². The monoisotopic (exact) mass is 424 g/mol. The first-order valence-electron chi connectivity index (χ1n) is 8.47. The minimum atomic E-state index is -0.638. The standard InChI is InChI=1S/C22H14Cl2N2O3/c1-13(27)14-5-7-15(8-6-14)20-10-9-17(29-20)11-16(12-25)22(28)26-19-4-2-3-18(23)21(19)24/h2-11H,1H3,(H,26,28)/b16-11-. The number of Topliss-reactive ketones (excluding diaryl/α,β-unsaturated/α-hetero) is 1. The van der Waals surface area contributed by atoms with Gasteiger partial charge in [-0.2, -0.15) is 5.26 Å². The number of nitriles is 1. The first kappa shape index (κ1) is 20.4. The number of nitrogens with one attached hydrogen (secondary N) is 1. The van der Waals surface area contributed by atoms with Crippen molar-refractivity contribution in [1.29, 1.82) is 5.26 Å². The van der Waals surface area contributed by atoms with Crippen molar-refractivity contribution in [2.45, 2.75) is 6.92 Å². The second-order valence-electron chi connectivity index (χ2n) is 6.06. The zero-order valence-corrected chi connectivity index (χ0v) is 16.7. The Morgan fingerprint density at radius 3 is 2.45 bits per heavy atom. The van der Waals surface area contributed by atoms with Gasteiger partial charge in [0.05, 0.1) is 15.7 Å². The van der Waals surface area contributed by atoms with Gasteiger partial charge in [-0.3, -0.25) is 9.59 Å². The van der Waals surface area contributed by atoms with Crippen LogP contribution in [0.15, 0.2) is 64.6 Å². The Bertz CT molecular complexity index is 1160. The predicted molar refractivity (Wildman–Crippen MR) is 113 cm³/mol. The Morgan fingerprint density at radius 1 is 1.07 bits per heavy atom. The Morgan fingerprint density at radius 2 is 1.79 bits per heavy atom. The molecule has 0 aliphatic rings. The number of nitrogens with zero attached hydrogens (tertiary/aromatic N) is 1. The maximum Gasteiger partial charge on any atom is 0.266 e. The number of hydrogen-bond donors (Lipinski definition) is 1. The van der Waals surface area contributed by atoms with Gasteiger partial charge in [0.1, 0.15) is 23.2 Å². The van der Waals surface area contributed by atoms with Gasteiger partial charge >= 0.3 is 0 Å². The molecular weight excluding hydrogens is 411 g/mol. The third kappa shape index (κ3) is 4.75. The fraction of sp³-hybridized carbons (Fsp3) is 0.0455. The SMILES string of the molecule is CC(=O)c1ccc(-c2ccc(/C=C(/C#N)C(=O)Nc3cccc(Cl)c3Cl)o2)cc1. The molecule has 29 heavy (non-hydrogen) atoms. The molecule has 0 saturated heterocycles. The highest BCUT2D eigenvalue weighted by Gasteiger charge is 2.14. The molecule has 0 unspecified atom stereocenters. The topological polar surface area (TPSA) is 83.1 Å². The van der Waals surface area contributed by atoms with E-state index < -0.39 is 5.91 Å². The van der Waals surface area contributed by atoms with E-state index in [-0.39, 0.29) is 16.4 Å². The highest BCUT2D eigenvalue weighted by atomic mass is 35.5. The van der Waals surface area contributed by atoms with Gasteiger partial charge in [-0.05, 0) is 31.2 Å². The number of carbonyl (C=O) groups excluding carboxylic acids is 2. The lowest BCUT2D eigenvalue weighted by Gasteiger charge is -2.07. The van der Waals surface area contributed by atoms with Crippen molar-refractivity contribution in [2.24, 2.45) is 0 Å². The normalized spacial score (nSPS) is 11.0. The van der Waals surface area contributed by atoms with Gasteiger partial charge in [0.2, 0.25) is 0 Å². The Labute approximate surface area is 177 Å². The van der Waals surface area contributed by atoms with Gasteiger partial charge in [0.15, 0.2) is 5.78 Å². The van der Waals surface area contributed by atoms with Crippen molar-refractivity contribution < 1.29 is 14.0 Å². The second-order valence-corrected chi connectivity index (χ2v) is 6.85. The summed E-state index contributed by atoms with van der Waals surface area (Å²) in [5, 5.41) is 12.4. The fourth-order valence-corrected chi connectivity index (χ4v) is 2.88. The minimum absolute atomic E-state index is 0.0240. The van der Waals surface area contributed by atoms with Crippen molar-refractivity contribution in [2.75, 3.05) is 5.32 Å². The molecule has 1 amide bonds. The summed E-state index contributed by atoms with van der Waals surface area (Å²) in [5.74, 6) is 0.214. The summed E-state index contributed by atoms with van der Waals surface area (Å²) in [6.07, 6.45) is 1.33. The molecule has 5 nitrogen and oxygen atoms in total. The number of amides is 1. The van der Waals surface area contributed by atoms with Crippen LogP contribution >= 0.6 is 23.2 Å². The lowest BCUT2D eigenvalue weighted by Crippen LogP contribution is -2.13. The molecule has 0 fully saturated rings. The summed E-state index contributed by atoms with van der Waals surface area (Å²) in [7, 11) is 0. The van der Waals surface area contributed by atoms with E-state index in [4.69, 9.17) is 27.6 Å². The molecule has 7 heteroatoms. The number of rotatable bonds is 5. The summed E-state index contributed by atoms with van der Waals surface area (Å²) >= 11 is 12.0. The Kier molecular flexibility index (Phi) is 6.18. The number of carbonyl (C=O) groups is 2. The van der Waals surface area contributed by atoms with Crippen LogP contribution in [0.1, 0.15) is 23.0 Å². The van der Waals surface area contributed by atoms with E-state index in [9.17, 15) is 14.9 Å². The average Bonchev–Trinajstić information content (AvgIpc) is 3.18. The van der Waals surface area contributed by atoms with Crippen LogP contribution in [0.4, 0.5) is 5.69 Å². The van der Waals surface area contributed by atoms with E-state index in [0.717, 1.165) is 5.56 Å².